The van der Waals surface area contributed by atoms with Crippen molar-refractivity contribution in [3.63, 3.8) is 0 Å². The Bertz CT molecular complexity index is 599. The van der Waals surface area contributed by atoms with Gasteiger partial charge in [-0.15, -0.1) is 0 Å². The Kier molecular flexibility index (Phi) is 3.62. The Labute approximate surface area is 109 Å². The number of hydrogen-bond donors (Lipinski definition) is 1. The molecule has 18 heavy (non-hydrogen) atoms. The standard InChI is InChI=1S/C13H12N2O2S/c1-8-3-4-10(12(16)17)11(7-8)18-13-14-6-5-9(2)15-13/h3-7H,1-2H3,(H,16,17). The van der Waals surface area contributed by atoms with Gasteiger partial charge in [0.1, 0.15) is 0 Å². The summed E-state index contributed by atoms with van der Waals surface area (Å²) in [5.74, 6) is -0.940. The Morgan fingerprint density at radius 3 is 2.72 bits per heavy atom. The molecular formula is C13H12N2O2S. The normalized spacial score (nSPS) is 10.3. The second kappa shape index (κ2) is 5.18. The van der Waals surface area contributed by atoms with E-state index in [1.165, 1.54) is 11.8 Å². The molecule has 0 aliphatic carbocycles. The van der Waals surface area contributed by atoms with Gasteiger partial charge < -0.3 is 5.11 Å². The predicted molar refractivity (Wildman–Crippen MR) is 69.0 cm³/mol. The van der Waals surface area contributed by atoms with Crippen molar-refractivity contribution in [3.05, 3.63) is 47.3 Å². The molecule has 1 aromatic heterocycles. The van der Waals surface area contributed by atoms with Crippen LogP contribution in [-0.2, 0) is 0 Å². The first-order chi connectivity index (χ1) is 8.56. The second-order valence-electron chi connectivity index (χ2n) is 3.89. The fraction of sp³-hybridized carbons (Fsp3) is 0.154. The van der Waals surface area contributed by atoms with Crippen molar-refractivity contribution in [1.82, 2.24) is 9.97 Å². The van der Waals surface area contributed by atoms with E-state index < -0.39 is 5.97 Å². The highest BCUT2D eigenvalue weighted by Gasteiger charge is 2.12. The second-order valence-corrected chi connectivity index (χ2v) is 4.90. The van der Waals surface area contributed by atoms with Gasteiger partial charge in [0.2, 0.25) is 0 Å². The molecule has 1 aromatic carbocycles. The highest BCUT2D eigenvalue weighted by molar-refractivity contribution is 7.99. The summed E-state index contributed by atoms with van der Waals surface area (Å²) in [7, 11) is 0. The molecule has 0 fully saturated rings. The first kappa shape index (κ1) is 12.6. The smallest absolute Gasteiger partial charge is 0.336 e. The summed E-state index contributed by atoms with van der Waals surface area (Å²) in [6, 6.07) is 7.03. The lowest BCUT2D eigenvalue weighted by Crippen LogP contribution is -1.99. The van der Waals surface area contributed by atoms with Crippen molar-refractivity contribution < 1.29 is 9.90 Å². The summed E-state index contributed by atoms with van der Waals surface area (Å²) in [6.45, 7) is 3.80. The van der Waals surface area contributed by atoms with Crippen LogP contribution in [0.2, 0.25) is 0 Å². The summed E-state index contributed by atoms with van der Waals surface area (Å²) in [5, 5.41) is 9.69. The van der Waals surface area contributed by atoms with E-state index in [1.807, 2.05) is 19.9 Å². The summed E-state index contributed by atoms with van der Waals surface area (Å²) < 4.78 is 0. The number of benzene rings is 1. The van der Waals surface area contributed by atoms with Gasteiger partial charge in [0, 0.05) is 16.8 Å². The third kappa shape index (κ3) is 2.87. The Morgan fingerprint density at radius 1 is 1.28 bits per heavy atom. The lowest BCUT2D eigenvalue weighted by atomic mass is 10.1. The molecule has 0 saturated heterocycles. The number of aromatic carboxylic acids is 1. The van der Waals surface area contributed by atoms with Crippen LogP contribution in [0.15, 0.2) is 40.5 Å². The maximum absolute atomic E-state index is 11.1. The highest BCUT2D eigenvalue weighted by Crippen LogP contribution is 2.28. The average Bonchev–Trinajstić information content (AvgIpc) is 2.28. The van der Waals surface area contributed by atoms with Gasteiger partial charge in [-0.1, -0.05) is 6.07 Å². The number of carboxylic acids is 1. The molecule has 2 rings (SSSR count). The van der Waals surface area contributed by atoms with Gasteiger partial charge in [-0.05, 0) is 49.4 Å². The van der Waals surface area contributed by atoms with E-state index in [0.717, 1.165) is 11.3 Å². The van der Waals surface area contributed by atoms with Gasteiger partial charge >= 0.3 is 5.97 Å². The minimum Gasteiger partial charge on any atom is -0.478 e. The predicted octanol–water partition coefficient (Wildman–Crippen LogP) is 2.94. The van der Waals surface area contributed by atoms with Gasteiger partial charge in [0.05, 0.1) is 5.56 Å². The molecule has 5 heteroatoms. The maximum Gasteiger partial charge on any atom is 0.336 e. The SMILES string of the molecule is Cc1ccc(C(=O)O)c(Sc2nccc(C)n2)c1. The molecule has 0 atom stereocenters. The molecule has 0 aliphatic rings. The lowest BCUT2D eigenvalue weighted by molar-refractivity contribution is 0.0693. The summed E-state index contributed by atoms with van der Waals surface area (Å²) in [4.78, 5) is 20.2. The van der Waals surface area contributed by atoms with Crippen LogP contribution in [0.5, 0.6) is 0 Å². The van der Waals surface area contributed by atoms with E-state index in [-0.39, 0.29) is 5.56 Å². The van der Waals surface area contributed by atoms with Crippen LogP contribution in [0.1, 0.15) is 21.6 Å². The van der Waals surface area contributed by atoms with Gasteiger partial charge in [-0.2, -0.15) is 0 Å². The molecule has 0 bridgehead atoms. The molecule has 1 N–H and O–H groups in total. The Hall–Kier alpha value is -1.88. The molecule has 0 unspecified atom stereocenters. The molecule has 4 nitrogen and oxygen atoms in total. The fourth-order valence-corrected chi connectivity index (χ4v) is 2.47. The molecule has 0 saturated carbocycles. The van der Waals surface area contributed by atoms with E-state index in [9.17, 15) is 4.79 Å². The number of carbonyl (C=O) groups is 1. The fourth-order valence-electron chi connectivity index (χ4n) is 1.46. The topological polar surface area (TPSA) is 63.1 Å². The Balaban J connectivity index is 2.39. The minimum absolute atomic E-state index is 0.274. The zero-order valence-corrected chi connectivity index (χ0v) is 10.9. The first-order valence-electron chi connectivity index (χ1n) is 5.38. The van der Waals surface area contributed by atoms with Crippen LogP contribution in [0.25, 0.3) is 0 Å². The molecule has 1 heterocycles. The van der Waals surface area contributed by atoms with Crippen LogP contribution in [0, 0.1) is 13.8 Å². The zero-order chi connectivity index (χ0) is 13.1. The molecule has 0 spiro atoms. The number of rotatable bonds is 3. The van der Waals surface area contributed by atoms with E-state index in [4.69, 9.17) is 5.11 Å². The van der Waals surface area contributed by atoms with Crippen molar-refractivity contribution in [2.75, 3.05) is 0 Å². The number of aryl methyl sites for hydroxylation is 2. The third-order valence-corrected chi connectivity index (χ3v) is 3.28. The van der Waals surface area contributed by atoms with Crippen molar-refractivity contribution in [3.8, 4) is 0 Å². The van der Waals surface area contributed by atoms with Crippen LogP contribution in [-0.4, -0.2) is 21.0 Å². The third-order valence-electron chi connectivity index (χ3n) is 2.34. The van der Waals surface area contributed by atoms with Crippen molar-refractivity contribution in [1.29, 1.82) is 0 Å². The number of hydrogen-bond acceptors (Lipinski definition) is 4. The van der Waals surface area contributed by atoms with Crippen LogP contribution >= 0.6 is 11.8 Å². The van der Waals surface area contributed by atoms with Gasteiger partial charge in [0.15, 0.2) is 5.16 Å². The molecule has 2 aromatic rings. The number of carboxylic acid groups (broad SMARTS) is 1. The average molecular weight is 260 g/mol. The van der Waals surface area contributed by atoms with Gasteiger partial charge in [-0.25, -0.2) is 14.8 Å². The number of aromatic nitrogens is 2. The Morgan fingerprint density at radius 2 is 2.06 bits per heavy atom. The van der Waals surface area contributed by atoms with Crippen LogP contribution in [0.4, 0.5) is 0 Å². The van der Waals surface area contributed by atoms with E-state index in [0.29, 0.717) is 10.1 Å². The summed E-state index contributed by atoms with van der Waals surface area (Å²) in [6.07, 6.45) is 1.67. The van der Waals surface area contributed by atoms with Gasteiger partial charge in [0.25, 0.3) is 0 Å². The molecule has 92 valence electrons. The van der Waals surface area contributed by atoms with Crippen molar-refractivity contribution in [2.45, 2.75) is 23.9 Å². The van der Waals surface area contributed by atoms with Gasteiger partial charge in [-0.3, -0.25) is 0 Å². The maximum atomic E-state index is 11.1. The highest BCUT2D eigenvalue weighted by atomic mass is 32.2. The lowest BCUT2D eigenvalue weighted by Gasteiger charge is -2.06. The van der Waals surface area contributed by atoms with E-state index >= 15 is 0 Å². The van der Waals surface area contributed by atoms with E-state index in [1.54, 1.807) is 24.4 Å². The molecule has 0 aliphatic heterocycles. The first-order valence-corrected chi connectivity index (χ1v) is 6.19. The minimum atomic E-state index is -0.940. The summed E-state index contributed by atoms with van der Waals surface area (Å²) >= 11 is 1.27. The van der Waals surface area contributed by atoms with Crippen LogP contribution in [0.3, 0.4) is 0 Å². The largest absolute Gasteiger partial charge is 0.478 e. The van der Waals surface area contributed by atoms with Crippen LogP contribution < -0.4 is 0 Å². The zero-order valence-electron chi connectivity index (χ0n) is 10.0. The molecular weight excluding hydrogens is 248 g/mol. The van der Waals surface area contributed by atoms with Crippen molar-refractivity contribution >= 4 is 17.7 Å². The van der Waals surface area contributed by atoms with E-state index in [2.05, 4.69) is 9.97 Å². The van der Waals surface area contributed by atoms with Crippen molar-refractivity contribution in [2.24, 2.45) is 0 Å². The molecule has 0 amide bonds. The summed E-state index contributed by atoms with van der Waals surface area (Å²) in [5.41, 5.74) is 2.14. The monoisotopic (exact) mass is 260 g/mol. The number of nitrogens with zero attached hydrogens (tertiary/aromatic N) is 2. The molecule has 0 radical (unpaired) electrons. The quantitative estimate of drug-likeness (QED) is 0.860.